The van der Waals surface area contributed by atoms with Crippen LogP contribution in [0.5, 0.6) is 11.6 Å². The number of aromatic nitrogens is 1. The highest BCUT2D eigenvalue weighted by Crippen LogP contribution is 2.36. The fourth-order valence-electron chi connectivity index (χ4n) is 4.17. The molecule has 2 aromatic rings. The van der Waals surface area contributed by atoms with Gasteiger partial charge in [-0.1, -0.05) is 19.3 Å². The van der Waals surface area contributed by atoms with Crippen LogP contribution in [0, 0.1) is 18.7 Å². The first kappa shape index (κ1) is 24.4. The van der Waals surface area contributed by atoms with Crippen molar-refractivity contribution in [1.29, 1.82) is 0 Å². The molecule has 0 saturated heterocycles. The number of carbonyl (C=O) groups excluding carboxylic acids is 3. The van der Waals surface area contributed by atoms with Gasteiger partial charge in [0.25, 0.3) is 0 Å². The summed E-state index contributed by atoms with van der Waals surface area (Å²) in [5.74, 6) is -2.20. The van der Waals surface area contributed by atoms with E-state index in [1.807, 2.05) is 13.8 Å². The van der Waals surface area contributed by atoms with Gasteiger partial charge in [-0.3, -0.25) is 9.59 Å². The molecular weight excluding hydrogens is 427 g/mol. The molecule has 0 aliphatic heterocycles. The van der Waals surface area contributed by atoms with Gasteiger partial charge in [0, 0.05) is 30.3 Å². The monoisotopic (exact) mass is 456 g/mol. The van der Waals surface area contributed by atoms with Crippen molar-refractivity contribution >= 4 is 23.9 Å². The molecule has 0 radical (unpaired) electrons. The quantitative estimate of drug-likeness (QED) is 0.418. The van der Waals surface area contributed by atoms with Crippen LogP contribution in [0.3, 0.4) is 0 Å². The van der Waals surface area contributed by atoms with E-state index in [2.05, 4.69) is 4.98 Å². The zero-order valence-corrected chi connectivity index (χ0v) is 19.4. The Labute approximate surface area is 192 Å². The van der Waals surface area contributed by atoms with Crippen LogP contribution < -0.4 is 9.64 Å². The molecule has 1 saturated carbocycles. The van der Waals surface area contributed by atoms with Crippen molar-refractivity contribution in [3.8, 4) is 11.6 Å². The minimum atomic E-state index is -0.792. The molecule has 0 unspecified atom stereocenters. The average molecular weight is 457 g/mol. The molecule has 1 heterocycles. The minimum Gasteiger partial charge on any atom is -0.465 e. The smallest absolute Gasteiger partial charge is 0.340 e. The minimum absolute atomic E-state index is 0.00735. The van der Waals surface area contributed by atoms with Crippen LogP contribution >= 0.6 is 0 Å². The number of rotatable bonds is 7. The predicted octanol–water partition coefficient (Wildman–Crippen LogP) is 5.24. The molecule has 7 nitrogen and oxygen atoms in total. The summed E-state index contributed by atoms with van der Waals surface area (Å²) < 4.78 is 25.7. The Hall–Kier alpha value is -3.29. The molecule has 0 spiro atoms. The third-order valence-corrected chi connectivity index (χ3v) is 5.92. The summed E-state index contributed by atoms with van der Waals surface area (Å²) in [6, 6.07) is 3.62. The zero-order chi connectivity index (χ0) is 24.1. The summed E-state index contributed by atoms with van der Waals surface area (Å²) in [5, 5.41) is 0. The molecule has 1 aliphatic rings. The topological polar surface area (TPSA) is 85.8 Å². The normalized spacial score (nSPS) is 14.1. The van der Waals surface area contributed by atoms with E-state index in [9.17, 15) is 14.4 Å². The highest BCUT2D eigenvalue weighted by molar-refractivity contribution is 6.04. The van der Waals surface area contributed by atoms with Crippen LogP contribution in [-0.4, -0.2) is 36.3 Å². The number of amides is 1. The summed E-state index contributed by atoms with van der Waals surface area (Å²) in [6.45, 7) is 5.34. The first-order chi connectivity index (χ1) is 15.8. The summed E-state index contributed by atoms with van der Waals surface area (Å²) >= 11 is 0. The maximum atomic E-state index is 15.2. The van der Waals surface area contributed by atoms with Crippen molar-refractivity contribution in [2.45, 2.75) is 58.9 Å². The average Bonchev–Trinajstić information content (AvgIpc) is 2.80. The van der Waals surface area contributed by atoms with Crippen LogP contribution in [0.25, 0.3) is 0 Å². The molecular formula is C25H29FN2O5. The van der Waals surface area contributed by atoms with Gasteiger partial charge in [0.2, 0.25) is 11.8 Å². The number of hydrogen-bond donors (Lipinski definition) is 0. The van der Waals surface area contributed by atoms with Gasteiger partial charge in [-0.15, -0.1) is 0 Å². The van der Waals surface area contributed by atoms with Crippen LogP contribution in [0.4, 0.5) is 10.1 Å². The standard InChI is InChI=1S/C25H29FN2O5/c1-15(2)28(24(30)17-8-6-5-7-9-17)21-13-20(26)22(12-18(21)25(31)32-4)33-23-19(14-29)16(3)10-11-27-23/h10-15,17H,5-9H2,1-4H3. The SMILES string of the molecule is COC(=O)c1cc(Oc2nccc(C)c2C=O)c(F)cc1N(C(=O)C1CCCCC1)C(C)C. The number of hydrogen-bond acceptors (Lipinski definition) is 6. The molecule has 3 rings (SSSR count). The molecule has 8 heteroatoms. The lowest BCUT2D eigenvalue weighted by molar-refractivity contribution is -0.123. The Kier molecular flexibility index (Phi) is 7.79. The summed E-state index contributed by atoms with van der Waals surface area (Å²) in [7, 11) is 1.21. The van der Waals surface area contributed by atoms with Crippen LogP contribution in [0.1, 0.15) is 72.2 Å². The number of methoxy groups -OCH3 is 1. The number of carbonyl (C=O) groups is 3. The van der Waals surface area contributed by atoms with E-state index in [1.165, 1.54) is 24.3 Å². The van der Waals surface area contributed by atoms with E-state index in [0.717, 1.165) is 38.2 Å². The van der Waals surface area contributed by atoms with E-state index in [0.29, 0.717) is 11.8 Å². The molecule has 0 atom stereocenters. The highest BCUT2D eigenvalue weighted by atomic mass is 19.1. The molecule has 176 valence electrons. The van der Waals surface area contributed by atoms with Gasteiger partial charge < -0.3 is 14.4 Å². The van der Waals surface area contributed by atoms with Crippen molar-refractivity contribution in [3.63, 3.8) is 0 Å². The second-order valence-corrected chi connectivity index (χ2v) is 8.49. The fourth-order valence-corrected chi connectivity index (χ4v) is 4.17. The summed E-state index contributed by atoms with van der Waals surface area (Å²) in [5.41, 5.74) is 0.915. The van der Waals surface area contributed by atoms with E-state index in [4.69, 9.17) is 9.47 Å². The third kappa shape index (κ3) is 5.21. The zero-order valence-electron chi connectivity index (χ0n) is 19.4. The number of nitrogens with zero attached hydrogens (tertiary/aromatic N) is 2. The van der Waals surface area contributed by atoms with E-state index in [-0.39, 0.29) is 46.3 Å². The van der Waals surface area contributed by atoms with Gasteiger partial charge in [0.15, 0.2) is 17.9 Å². The van der Waals surface area contributed by atoms with E-state index < -0.39 is 11.8 Å². The number of aryl methyl sites for hydroxylation is 1. The van der Waals surface area contributed by atoms with Crippen molar-refractivity contribution in [3.05, 3.63) is 46.9 Å². The van der Waals surface area contributed by atoms with Crippen molar-refractivity contribution < 1.29 is 28.2 Å². The first-order valence-corrected chi connectivity index (χ1v) is 11.1. The summed E-state index contributed by atoms with van der Waals surface area (Å²) in [4.78, 5) is 43.0. The Morgan fingerprint density at radius 1 is 1.21 bits per heavy atom. The molecule has 0 bridgehead atoms. The second-order valence-electron chi connectivity index (χ2n) is 8.49. The molecule has 1 amide bonds. The lowest BCUT2D eigenvalue weighted by Gasteiger charge is -2.33. The van der Waals surface area contributed by atoms with E-state index >= 15 is 4.39 Å². The van der Waals surface area contributed by atoms with Gasteiger partial charge in [-0.05, 0) is 45.2 Å². The van der Waals surface area contributed by atoms with Crippen LogP contribution in [-0.2, 0) is 9.53 Å². The highest BCUT2D eigenvalue weighted by Gasteiger charge is 2.32. The number of aldehydes is 1. The number of anilines is 1. The molecule has 1 fully saturated rings. The van der Waals surface area contributed by atoms with Gasteiger partial charge in [0.1, 0.15) is 0 Å². The Balaban J connectivity index is 2.07. The van der Waals surface area contributed by atoms with Crippen molar-refractivity contribution in [2.24, 2.45) is 5.92 Å². The van der Waals surface area contributed by atoms with Gasteiger partial charge in [-0.25, -0.2) is 14.2 Å². The fraction of sp³-hybridized carbons (Fsp3) is 0.440. The lowest BCUT2D eigenvalue weighted by Crippen LogP contribution is -2.42. The maximum absolute atomic E-state index is 15.2. The second kappa shape index (κ2) is 10.6. The van der Waals surface area contributed by atoms with Gasteiger partial charge in [-0.2, -0.15) is 0 Å². The number of halogens is 1. The van der Waals surface area contributed by atoms with Crippen molar-refractivity contribution in [2.75, 3.05) is 12.0 Å². The molecule has 33 heavy (non-hydrogen) atoms. The van der Waals surface area contributed by atoms with Crippen molar-refractivity contribution in [1.82, 2.24) is 4.98 Å². The molecule has 1 aromatic heterocycles. The predicted molar refractivity (Wildman–Crippen MR) is 121 cm³/mol. The van der Waals surface area contributed by atoms with Crippen LogP contribution in [0.2, 0.25) is 0 Å². The van der Waals surface area contributed by atoms with Crippen LogP contribution in [0.15, 0.2) is 24.4 Å². The number of ether oxygens (including phenoxy) is 2. The number of benzene rings is 1. The summed E-state index contributed by atoms with van der Waals surface area (Å²) in [6.07, 6.45) is 6.59. The first-order valence-electron chi connectivity index (χ1n) is 11.1. The maximum Gasteiger partial charge on any atom is 0.340 e. The van der Waals surface area contributed by atoms with E-state index in [1.54, 1.807) is 13.0 Å². The molecule has 0 N–H and O–H groups in total. The Morgan fingerprint density at radius 2 is 1.91 bits per heavy atom. The number of esters is 1. The van der Waals surface area contributed by atoms with Gasteiger partial charge >= 0.3 is 5.97 Å². The Bertz CT molecular complexity index is 1050. The molecule has 1 aromatic carbocycles. The Morgan fingerprint density at radius 3 is 2.52 bits per heavy atom. The molecule has 1 aliphatic carbocycles. The van der Waals surface area contributed by atoms with Gasteiger partial charge in [0.05, 0.1) is 23.9 Å². The largest absolute Gasteiger partial charge is 0.465 e. The third-order valence-electron chi connectivity index (χ3n) is 5.92. The number of pyridine rings is 1. The lowest BCUT2D eigenvalue weighted by atomic mass is 9.87.